The summed E-state index contributed by atoms with van der Waals surface area (Å²) in [4.78, 5) is 17.1. The highest BCUT2D eigenvalue weighted by atomic mass is 16.2. The van der Waals surface area contributed by atoms with Crippen LogP contribution in [0.15, 0.2) is 30.3 Å². The van der Waals surface area contributed by atoms with Gasteiger partial charge in [-0.3, -0.25) is 9.69 Å². The average Bonchev–Trinajstić information content (AvgIpc) is 3.05. The van der Waals surface area contributed by atoms with Crippen LogP contribution in [0.25, 0.3) is 0 Å². The topological polar surface area (TPSA) is 49.6 Å². The molecule has 21 heavy (non-hydrogen) atoms. The number of nitrogens with two attached hydrogens (primary N) is 1. The highest BCUT2D eigenvalue weighted by Gasteiger charge is 2.33. The Kier molecular flexibility index (Phi) is 4.56. The van der Waals surface area contributed by atoms with Crippen molar-refractivity contribution in [3.63, 3.8) is 0 Å². The number of likely N-dealkylation sites (tertiary alicyclic amines) is 2. The van der Waals surface area contributed by atoms with Crippen molar-refractivity contribution in [3.05, 3.63) is 35.9 Å². The van der Waals surface area contributed by atoms with Gasteiger partial charge in [0, 0.05) is 19.1 Å². The second kappa shape index (κ2) is 6.58. The minimum Gasteiger partial charge on any atom is -0.339 e. The Bertz CT molecular complexity index is 470. The van der Waals surface area contributed by atoms with Gasteiger partial charge in [-0.15, -0.1) is 0 Å². The van der Waals surface area contributed by atoms with Gasteiger partial charge >= 0.3 is 0 Å². The number of benzene rings is 1. The first-order valence-electron chi connectivity index (χ1n) is 8.09. The summed E-state index contributed by atoms with van der Waals surface area (Å²) in [5.74, 6) is 0.0701. The van der Waals surface area contributed by atoms with Gasteiger partial charge in [0.25, 0.3) is 0 Å². The van der Waals surface area contributed by atoms with Crippen LogP contribution >= 0.6 is 0 Å². The molecule has 1 amide bonds. The largest absolute Gasteiger partial charge is 0.339 e. The minimum atomic E-state index is -0.522. The average molecular weight is 287 g/mol. The van der Waals surface area contributed by atoms with E-state index >= 15 is 0 Å². The molecule has 2 heterocycles. The van der Waals surface area contributed by atoms with Crippen LogP contribution in [-0.4, -0.2) is 47.9 Å². The first-order valence-corrected chi connectivity index (χ1v) is 8.09. The molecule has 0 spiro atoms. The summed E-state index contributed by atoms with van der Waals surface area (Å²) in [5, 5.41) is 0. The Labute approximate surface area is 126 Å². The van der Waals surface area contributed by atoms with E-state index in [0.717, 1.165) is 25.1 Å². The lowest BCUT2D eigenvalue weighted by Crippen LogP contribution is -2.43. The van der Waals surface area contributed by atoms with Crippen LogP contribution in [0.3, 0.4) is 0 Å². The highest BCUT2D eigenvalue weighted by Crippen LogP contribution is 2.22. The van der Waals surface area contributed by atoms with E-state index in [2.05, 4.69) is 4.90 Å². The van der Waals surface area contributed by atoms with Gasteiger partial charge < -0.3 is 10.6 Å². The predicted molar refractivity (Wildman–Crippen MR) is 83.8 cm³/mol. The van der Waals surface area contributed by atoms with Crippen molar-refractivity contribution < 1.29 is 4.79 Å². The molecule has 4 nitrogen and oxygen atoms in total. The maximum Gasteiger partial charge on any atom is 0.244 e. The second-order valence-electron chi connectivity index (χ2n) is 6.21. The zero-order chi connectivity index (χ0) is 14.7. The van der Waals surface area contributed by atoms with E-state index < -0.39 is 6.04 Å². The van der Waals surface area contributed by atoms with E-state index in [9.17, 15) is 4.79 Å². The summed E-state index contributed by atoms with van der Waals surface area (Å²) in [6, 6.07) is 9.69. The van der Waals surface area contributed by atoms with Crippen molar-refractivity contribution in [2.75, 3.05) is 26.2 Å². The number of rotatable bonds is 3. The molecule has 4 heteroatoms. The molecule has 0 bridgehead atoms. The van der Waals surface area contributed by atoms with Crippen LogP contribution in [0.1, 0.15) is 37.3 Å². The first-order chi connectivity index (χ1) is 10.3. The lowest BCUT2D eigenvalue weighted by atomic mass is 10.1. The van der Waals surface area contributed by atoms with Crippen LogP contribution in [0.4, 0.5) is 0 Å². The standard InChI is InChI=1S/C17H25N3O/c18-16(14-7-3-1-4-8-14)17(21)20-12-9-15(13-20)19-10-5-2-6-11-19/h1,3-4,7-8,15-16H,2,5-6,9-13,18H2/t15?,16-/m0/s1. The number of piperidine rings is 1. The normalized spacial score (nSPS) is 25.0. The van der Waals surface area contributed by atoms with Gasteiger partial charge in [-0.1, -0.05) is 36.8 Å². The first kappa shape index (κ1) is 14.5. The van der Waals surface area contributed by atoms with Crippen molar-refractivity contribution in [2.24, 2.45) is 5.73 Å². The molecule has 2 saturated heterocycles. The number of carbonyl (C=O) groups excluding carboxylic acids is 1. The molecular weight excluding hydrogens is 262 g/mol. The number of carbonyl (C=O) groups is 1. The molecule has 114 valence electrons. The van der Waals surface area contributed by atoms with Crippen molar-refractivity contribution in [1.29, 1.82) is 0 Å². The summed E-state index contributed by atoms with van der Waals surface area (Å²) in [7, 11) is 0. The zero-order valence-corrected chi connectivity index (χ0v) is 12.6. The van der Waals surface area contributed by atoms with Crippen LogP contribution in [0, 0.1) is 0 Å². The van der Waals surface area contributed by atoms with Gasteiger partial charge in [0.1, 0.15) is 6.04 Å². The number of amides is 1. The summed E-state index contributed by atoms with van der Waals surface area (Å²) in [6.45, 7) is 4.08. The van der Waals surface area contributed by atoms with E-state index in [1.165, 1.54) is 32.4 Å². The van der Waals surface area contributed by atoms with E-state index in [1.807, 2.05) is 35.2 Å². The molecule has 0 aliphatic carbocycles. The SMILES string of the molecule is N[C@H](C(=O)N1CCC(N2CCCCC2)C1)c1ccccc1. The number of nitrogens with zero attached hydrogens (tertiary/aromatic N) is 2. The third-order valence-electron chi connectivity index (χ3n) is 4.81. The number of hydrogen-bond acceptors (Lipinski definition) is 3. The molecule has 2 atom stereocenters. The van der Waals surface area contributed by atoms with Gasteiger partial charge in [-0.05, 0) is 37.9 Å². The number of hydrogen-bond donors (Lipinski definition) is 1. The molecule has 0 radical (unpaired) electrons. The van der Waals surface area contributed by atoms with Crippen LogP contribution in [0.5, 0.6) is 0 Å². The predicted octanol–water partition coefficient (Wildman–Crippen LogP) is 1.77. The maximum absolute atomic E-state index is 12.6. The second-order valence-corrected chi connectivity index (χ2v) is 6.21. The van der Waals surface area contributed by atoms with Gasteiger partial charge in [0.2, 0.25) is 5.91 Å². The summed E-state index contributed by atoms with van der Waals surface area (Å²) >= 11 is 0. The molecule has 2 aliphatic heterocycles. The molecule has 2 fully saturated rings. The Balaban J connectivity index is 1.59. The quantitative estimate of drug-likeness (QED) is 0.922. The van der Waals surface area contributed by atoms with E-state index in [1.54, 1.807) is 0 Å². The Morgan fingerprint density at radius 1 is 1.10 bits per heavy atom. The van der Waals surface area contributed by atoms with Crippen LogP contribution < -0.4 is 5.73 Å². The third kappa shape index (κ3) is 3.27. The molecular formula is C17H25N3O. The van der Waals surface area contributed by atoms with Crippen molar-refractivity contribution in [1.82, 2.24) is 9.80 Å². The highest BCUT2D eigenvalue weighted by molar-refractivity contribution is 5.83. The Morgan fingerprint density at radius 3 is 2.52 bits per heavy atom. The monoisotopic (exact) mass is 287 g/mol. The molecule has 3 rings (SSSR count). The molecule has 1 unspecified atom stereocenters. The molecule has 0 aromatic heterocycles. The Hall–Kier alpha value is -1.39. The van der Waals surface area contributed by atoms with Gasteiger partial charge in [-0.2, -0.15) is 0 Å². The fraction of sp³-hybridized carbons (Fsp3) is 0.588. The lowest BCUT2D eigenvalue weighted by molar-refractivity contribution is -0.131. The van der Waals surface area contributed by atoms with E-state index in [4.69, 9.17) is 5.73 Å². The van der Waals surface area contributed by atoms with E-state index in [0.29, 0.717) is 6.04 Å². The van der Waals surface area contributed by atoms with E-state index in [-0.39, 0.29) is 5.91 Å². The smallest absolute Gasteiger partial charge is 0.244 e. The summed E-state index contributed by atoms with van der Waals surface area (Å²) in [6.07, 6.45) is 5.04. The summed E-state index contributed by atoms with van der Waals surface area (Å²) < 4.78 is 0. The third-order valence-corrected chi connectivity index (χ3v) is 4.81. The van der Waals surface area contributed by atoms with Crippen molar-refractivity contribution >= 4 is 5.91 Å². The lowest BCUT2D eigenvalue weighted by Gasteiger charge is -2.32. The molecule has 0 saturated carbocycles. The molecule has 1 aromatic carbocycles. The minimum absolute atomic E-state index is 0.0701. The van der Waals surface area contributed by atoms with Gasteiger partial charge in [-0.25, -0.2) is 0 Å². The van der Waals surface area contributed by atoms with Crippen LogP contribution in [-0.2, 0) is 4.79 Å². The fourth-order valence-electron chi connectivity index (χ4n) is 3.52. The molecule has 2 aliphatic rings. The van der Waals surface area contributed by atoms with Crippen molar-refractivity contribution in [3.8, 4) is 0 Å². The van der Waals surface area contributed by atoms with Gasteiger partial charge in [0.15, 0.2) is 0 Å². The van der Waals surface area contributed by atoms with Gasteiger partial charge in [0.05, 0.1) is 0 Å². The Morgan fingerprint density at radius 2 is 1.81 bits per heavy atom. The summed E-state index contributed by atoms with van der Waals surface area (Å²) in [5.41, 5.74) is 7.04. The maximum atomic E-state index is 12.6. The molecule has 1 aromatic rings. The van der Waals surface area contributed by atoms with Crippen LogP contribution in [0.2, 0.25) is 0 Å². The fourth-order valence-corrected chi connectivity index (χ4v) is 3.52. The van der Waals surface area contributed by atoms with Crippen molar-refractivity contribution in [2.45, 2.75) is 37.8 Å². The zero-order valence-electron chi connectivity index (χ0n) is 12.6. The molecule has 2 N–H and O–H groups in total.